The SMILES string of the molecule is CCCC(Cl)C(=O)C(Cl)C(=O)O. The van der Waals surface area contributed by atoms with Crippen molar-refractivity contribution in [1.29, 1.82) is 0 Å². The van der Waals surface area contributed by atoms with Gasteiger partial charge in [0.2, 0.25) is 0 Å². The molecule has 2 atom stereocenters. The molecule has 0 saturated carbocycles. The summed E-state index contributed by atoms with van der Waals surface area (Å²) in [4.78, 5) is 21.3. The van der Waals surface area contributed by atoms with Gasteiger partial charge in [-0.05, 0) is 6.42 Å². The van der Waals surface area contributed by atoms with E-state index in [0.29, 0.717) is 6.42 Å². The molecule has 0 saturated heterocycles. The predicted molar refractivity (Wildman–Crippen MR) is 46.8 cm³/mol. The molecule has 0 aromatic carbocycles. The van der Waals surface area contributed by atoms with Gasteiger partial charge in [0.1, 0.15) is 0 Å². The van der Waals surface area contributed by atoms with Gasteiger partial charge in [0.15, 0.2) is 11.2 Å². The second-order valence-electron chi connectivity index (χ2n) is 2.36. The van der Waals surface area contributed by atoms with Crippen molar-refractivity contribution in [2.24, 2.45) is 0 Å². The average molecular weight is 213 g/mol. The summed E-state index contributed by atoms with van der Waals surface area (Å²) >= 11 is 10.8. The Balaban J connectivity index is 4.09. The summed E-state index contributed by atoms with van der Waals surface area (Å²) in [7, 11) is 0. The molecule has 70 valence electrons. The first-order valence-electron chi connectivity index (χ1n) is 3.55. The maximum Gasteiger partial charge on any atom is 0.329 e. The molecule has 0 aliphatic rings. The van der Waals surface area contributed by atoms with Crippen LogP contribution in [0.2, 0.25) is 0 Å². The number of halogens is 2. The summed E-state index contributed by atoms with van der Waals surface area (Å²) in [6, 6.07) is 0. The molecule has 0 spiro atoms. The first kappa shape index (κ1) is 11.7. The molecule has 0 aromatic rings. The maximum absolute atomic E-state index is 11.0. The van der Waals surface area contributed by atoms with Crippen LogP contribution in [0.15, 0.2) is 0 Å². The van der Waals surface area contributed by atoms with Gasteiger partial charge in [0.05, 0.1) is 5.38 Å². The molecule has 12 heavy (non-hydrogen) atoms. The molecule has 0 radical (unpaired) electrons. The third-order valence-corrected chi connectivity index (χ3v) is 2.15. The topological polar surface area (TPSA) is 54.4 Å². The standard InChI is InChI=1S/C7H10Cl2O3/c1-2-3-4(8)6(10)5(9)7(11)12/h4-5H,2-3H2,1H3,(H,11,12). The number of carboxylic acids is 1. The minimum Gasteiger partial charge on any atom is -0.480 e. The summed E-state index contributed by atoms with van der Waals surface area (Å²) in [5.74, 6) is -1.98. The van der Waals surface area contributed by atoms with Crippen LogP contribution >= 0.6 is 23.2 Å². The van der Waals surface area contributed by atoms with Crippen molar-refractivity contribution >= 4 is 35.0 Å². The lowest BCUT2D eigenvalue weighted by Gasteiger charge is -2.08. The van der Waals surface area contributed by atoms with E-state index in [9.17, 15) is 9.59 Å². The second kappa shape index (κ2) is 5.38. The Morgan fingerprint density at radius 2 is 1.92 bits per heavy atom. The van der Waals surface area contributed by atoms with Gasteiger partial charge in [-0.2, -0.15) is 0 Å². The minimum atomic E-state index is -1.51. The number of rotatable bonds is 5. The zero-order chi connectivity index (χ0) is 9.72. The molecular formula is C7H10Cl2O3. The van der Waals surface area contributed by atoms with Gasteiger partial charge in [0.25, 0.3) is 0 Å². The van der Waals surface area contributed by atoms with Crippen molar-refractivity contribution in [3.63, 3.8) is 0 Å². The van der Waals surface area contributed by atoms with Gasteiger partial charge >= 0.3 is 5.97 Å². The quantitative estimate of drug-likeness (QED) is 0.558. The van der Waals surface area contributed by atoms with E-state index >= 15 is 0 Å². The van der Waals surface area contributed by atoms with E-state index in [1.54, 1.807) is 0 Å². The minimum absolute atomic E-state index is 0.455. The van der Waals surface area contributed by atoms with Crippen LogP contribution in [-0.4, -0.2) is 27.6 Å². The third-order valence-electron chi connectivity index (χ3n) is 1.32. The maximum atomic E-state index is 11.0. The monoisotopic (exact) mass is 212 g/mol. The van der Waals surface area contributed by atoms with Crippen LogP contribution < -0.4 is 0 Å². The van der Waals surface area contributed by atoms with Crippen molar-refractivity contribution in [1.82, 2.24) is 0 Å². The lowest BCUT2D eigenvalue weighted by Crippen LogP contribution is -2.31. The zero-order valence-corrected chi connectivity index (χ0v) is 8.10. The molecule has 2 unspecified atom stereocenters. The molecule has 0 amide bonds. The van der Waals surface area contributed by atoms with E-state index in [1.165, 1.54) is 0 Å². The number of alkyl halides is 2. The van der Waals surface area contributed by atoms with Crippen LogP contribution in [0.4, 0.5) is 0 Å². The largest absolute Gasteiger partial charge is 0.480 e. The van der Waals surface area contributed by atoms with Crippen LogP contribution in [0.1, 0.15) is 19.8 Å². The van der Waals surface area contributed by atoms with Gasteiger partial charge in [-0.25, -0.2) is 0 Å². The Bertz CT molecular complexity index is 181. The molecule has 0 aromatic heterocycles. The van der Waals surface area contributed by atoms with E-state index in [4.69, 9.17) is 28.3 Å². The number of hydrogen-bond donors (Lipinski definition) is 1. The molecular weight excluding hydrogens is 203 g/mol. The molecule has 0 rings (SSSR count). The summed E-state index contributed by atoms with van der Waals surface area (Å²) in [6.45, 7) is 1.85. The van der Waals surface area contributed by atoms with Crippen molar-refractivity contribution in [2.75, 3.05) is 0 Å². The van der Waals surface area contributed by atoms with Gasteiger partial charge < -0.3 is 5.11 Å². The second-order valence-corrected chi connectivity index (χ2v) is 3.32. The van der Waals surface area contributed by atoms with Crippen molar-refractivity contribution in [2.45, 2.75) is 30.5 Å². The van der Waals surface area contributed by atoms with Gasteiger partial charge in [0, 0.05) is 0 Å². The van der Waals surface area contributed by atoms with E-state index in [0.717, 1.165) is 6.42 Å². The average Bonchev–Trinajstić information content (AvgIpc) is 2.02. The van der Waals surface area contributed by atoms with Crippen LogP contribution in [0, 0.1) is 0 Å². The first-order valence-corrected chi connectivity index (χ1v) is 4.42. The van der Waals surface area contributed by atoms with Crippen LogP contribution in [0.3, 0.4) is 0 Å². The summed E-state index contributed by atoms with van der Waals surface area (Å²) in [6.07, 6.45) is 1.18. The fourth-order valence-corrected chi connectivity index (χ4v) is 1.24. The number of aliphatic carboxylic acids is 1. The Kier molecular flexibility index (Phi) is 5.25. The Morgan fingerprint density at radius 3 is 2.25 bits per heavy atom. The Hall–Kier alpha value is -0.280. The molecule has 3 nitrogen and oxygen atoms in total. The number of ketones is 1. The molecule has 0 fully saturated rings. The molecule has 5 heteroatoms. The van der Waals surface area contributed by atoms with Crippen molar-refractivity contribution < 1.29 is 14.7 Å². The van der Waals surface area contributed by atoms with Crippen LogP contribution in [0.5, 0.6) is 0 Å². The van der Waals surface area contributed by atoms with E-state index < -0.39 is 22.5 Å². The number of carboxylic acid groups (broad SMARTS) is 1. The van der Waals surface area contributed by atoms with Crippen LogP contribution in [0.25, 0.3) is 0 Å². The summed E-state index contributed by atoms with van der Waals surface area (Å²) in [5.41, 5.74) is 0. The van der Waals surface area contributed by atoms with E-state index in [-0.39, 0.29) is 0 Å². The van der Waals surface area contributed by atoms with E-state index in [2.05, 4.69) is 0 Å². The van der Waals surface area contributed by atoms with Crippen LogP contribution in [-0.2, 0) is 9.59 Å². The highest BCUT2D eigenvalue weighted by molar-refractivity contribution is 6.46. The fourth-order valence-electron chi connectivity index (χ4n) is 0.676. The van der Waals surface area contributed by atoms with Gasteiger partial charge in [-0.1, -0.05) is 13.3 Å². The first-order chi connectivity index (χ1) is 5.50. The number of Topliss-reactive ketones (excluding diaryl/α,β-unsaturated/α-hetero) is 1. The molecule has 0 heterocycles. The van der Waals surface area contributed by atoms with Gasteiger partial charge in [-0.3, -0.25) is 9.59 Å². The zero-order valence-electron chi connectivity index (χ0n) is 6.59. The summed E-state index contributed by atoms with van der Waals surface area (Å²) < 4.78 is 0. The number of carbonyl (C=O) groups excluding carboxylic acids is 1. The lowest BCUT2D eigenvalue weighted by atomic mass is 10.1. The predicted octanol–water partition coefficient (Wildman–Crippen LogP) is 1.66. The highest BCUT2D eigenvalue weighted by Crippen LogP contribution is 2.12. The van der Waals surface area contributed by atoms with Crippen molar-refractivity contribution in [3.8, 4) is 0 Å². The highest BCUT2D eigenvalue weighted by Gasteiger charge is 2.28. The fraction of sp³-hybridized carbons (Fsp3) is 0.714. The molecule has 1 N–H and O–H groups in total. The number of hydrogen-bond acceptors (Lipinski definition) is 2. The Labute approximate surface area is 80.7 Å². The van der Waals surface area contributed by atoms with E-state index in [1.807, 2.05) is 6.92 Å². The number of carbonyl (C=O) groups is 2. The lowest BCUT2D eigenvalue weighted by molar-refractivity contribution is -0.139. The molecule has 0 aliphatic carbocycles. The normalized spacial score (nSPS) is 15.2. The highest BCUT2D eigenvalue weighted by atomic mass is 35.5. The smallest absolute Gasteiger partial charge is 0.329 e. The summed E-state index contributed by atoms with van der Waals surface area (Å²) in [5, 5.41) is 6.06. The molecule has 0 aliphatic heterocycles. The third kappa shape index (κ3) is 3.41. The molecule has 0 bridgehead atoms. The Morgan fingerprint density at radius 1 is 1.42 bits per heavy atom. The van der Waals surface area contributed by atoms with Crippen molar-refractivity contribution in [3.05, 3.63) is 0 Å². The van der Waals surface area contributed by atoms with Gasteiger partial charge in [-0.15, -0.1) is 23.2 Å².